The van der Waals surface area contributed by atoms with Crippen molar-refractivity contribution in [1.82, 2.24) is 5.32 Å². The standard InChI is InChI=1S/C15H22IN/c1-2-11-17-15(13-6-7-13)10-5-12-3-8-14(16)9-4-12/h3-4,8-9,13,15,17H,2,5-7,10-11H2,1H3. The first kappa shape index (κ1) is 13.3. The molecule has 0 aromatic heterocycles. The van der Waals surface area contributed by atoms with E-state index < -0.39 is 0 Å². The molecule has 1 N–H and O–H groups in total. The second-order valence-electron chi connectivity index (χ2n) is 5.06. The van der Waals surface area contributed by atoms with Gasteiger partial charge in [-0.25, -0.2) is 0 Å². The molecule has 0 aliphatic heterocycles. The molecule has 1 aromatic carbocycles. The number of aryl methyl sites for hydroxylation is 1. The van der Waals surface area contributed by atoms with Gasteiger partial charge in [-0.3, -0.25) is 0 Å². The number of hydrogen-bond acceptors (Lipinski definition) is 1. The van der Waals surface area contributed by atoms with E-state index in [1.165, 1.54) is 47.8 Å². The molecule has 1 fully saturated rings. The molecule has 94 valence electrons. The van der Waals surface area contributed by atoms with Gasteiger partial charge in [0.15, 0.2) is 0 Å². The maximum Gasteiger partial charge on any atom is 0.0130 e. The molecule has 1 atom stereocenters. The third kappa shape index (κ3) is 4.59. The van der Waals surface area contributed by atoms with E-state index in [0.717, 1.165) is 12.0 Å². The Morgan fingerprint density at radius 3 is 2.59 bits per heavy atom. The fourth-order valence-electron chi connectivity index (χ4n) is 2.31. The topological polar surface area (TPSA) is 12.0 Å². The molecule has 1 aromatic rings. The van der Waals surface area contributed by atoms with E-state index >= 15 is 0 Å². The SMILES string of the molecule is CCCNC(CCc1ccc(I)cc1)C1CC1. The highest BCUT2D eigenvalue weighted by Gasteiger charge is 2.30. The van der Waals surface area contributed by atoms with Crippen molar-refractivity contribution in [2.24, 2.45) is 5.92 Å². The van der Waals surface area contributed by atoms with Crippen LogP contribution < -0.4 is 5.32 Å². The fraction of sp³-hybridized carbons (Fsp3) is 0.600. The zero-order valence-corrected chi connectivity index (χ0v) is 12.7. The first-order valence-corrected chi connectivity index (χ1v) is 7.85. The van der Waals surface area contributed by atoms with Gasteiger partial charge in [-0.1, -0.05) is 19.1 Å². The zero-order valence-electron chi connectivity index (χ0n) is 10.6. The molecule has 2 heteroatoms. The summed E-state index contributed by atoms with van der Waals surface area (Å²) in [6.07, 6.45) is 6.63. The quantitative estimate of drug-likeness (QED) is 0.738. The van der Waals surface area contributed by atoms with Crippen LogP contribution in [0.3, 0.4) is 0 Å². The van der Waals surface area contributed by atoms with E-state index in [1.807, 2.05) is 0 Å². The van der Waals surface area contributed by atoms with Gasteiger partial charge < -0.3 is 5.32 Å². The largest absolute Gasteiger partial charge is 0.314 e. The van der Waals surface area contributed by atoms with E-state index in [0.29, 0.717) is 0 Å². The van der Waals surface area contributed by atoms with Crippen LogP contribution in [0.25, 0.3) is 0 Å². The summed E-state index contributed by atoms with van der Waals surface area (Å²) in [5.41, 5.74) is 1.48. The van der Waals surface area contributed by atoms with Crippen LogP contribution in [0.2, 0.25) is 0 Å². The van der Waals surface area contributed by atoms with Gasteiger partial charge >= 0.3 is 0 Å². The fourth-order valence-corrected chi connectivity index (χ4v) is 2.67. The van der Waals surface area contributed by atoms with Crippen LogP contribution in [-0.4, -0.2) is 12.6 Å². The Labute approximate surface area is 119 Å². The van der Waals surface area contributed by atoms with Crippen molar-refractivity contribution in [2.45, 2.75) is 45.1 Å². The number of hydrogen-bond donors (Lipinski definition) is 1. The third-order valence-electron chi connectivity index (χ3n) is 3.50. The number of benzene rings is 1. The monoisotopic (exact) mass is 343 g/mol. The lowest BCUT2D eigenvalue weighted by molar-refractivity contribution is 0.436. The molecular weight excluding hydrogens is 321 g/mol. The first-order valence-electron chi connectivity index (χ1n) is 6.77. The molecule has 1 saturated carbocycles. The van der Waals surface area contributed by atoms with Crippen LogP contribution in [0.5, 0.6) is 0 Å². The minimum absolute atomic E-state index is 0.759. The summed E-state index contributed by atoms with van der Waals surface area (Å²) < 4.78 is 1.33. The molecule has 1 aliphatic rings. The lowest BCUT2D eigenvalue weighted by Gasteiger charge is -2.17. The van der Waals surface area contributed by atoms with Gasteiger partial charge in [-0.15, -0.1) is 0 Å². The van der Waals surface area contributed by atoms with Crippen LogP contribution in [0.15, 0.2) is 24.3 Å². The van der Waals surface area contributed by atoms with E-state index in [4.69, 9.17) is 0 Å². The second kappa shape index (κ2) is 6.74. The van der Waals surface area contributed by atoms with Crippen molar-refractivity contribution >= 4 is 22.6 Å². The Hall–Kier alpha value is -0.0900. The normalized spacial score (nSPS) is 17.1. The molecule has 1 aliphatic carbocycles. The molecular formula is C15H22IN. The van der Waals surface area contributed by atoms with Crippen LogP contribution >= 0.6 is 22.6 Å². The van der Waals surface area contributed by atoms with Gasteiger partial charge in [0.2, 0.25) is 0 Å². The number of nitrogens with one attached hydrogen (secondary N) is 1. The lowest BCUT2D eigenvalue weighted by Crippen LogP contribution is -2.32. The number of rotatable bonds is 7. The highest BCUT2D eigenvalue weighted by Crippen LogP contribution is 2.34. The van der Waals surface area contributed by atoms with Crippen molar-refractivity contribution in [3.63, 3.8) is 0 Å². The maximum absolute atomic E-state index is 3.71. The van der Waals surface area contributed by atoms with E-state index in [1.54, 1.807) is 0 Å². The van der Waals surface area contributed by atoms with E-state index in [-0.39, 0.29) is 0 Å². The zero-order chi connectivity index (χ0) is 12.1. The minimum Gasteiger partial charge on any atom is -0.314 e. The summed E-state index contributed by atoms with van der Waals surface area (Å²) in [7, 11) is 0. The van der Waals surface area contributed by atoms with E-state index in [2.05, 4.69) is 59.1 Å². The van der Waals surface area contributed by atoms with Crippen molar-refractivity contribution in [1.29, 1.82) is 0 Å². The summed E-state index contributed by atoms with van der Waals surface area (Å²) in [6, 6.07) is 9.72. The molecule has 0 spiro atoms. The van der Waals surface area contributed by atoms with Gasteiger partial charge in [-0.2, -0.15) is 0 Å². The summed E-state index contributed by atoms with van der Waals surface area (Å²) in [6.45, 7) is 3.42. The highest BCUT2D eigenvalue weighted by molar-refractivity contribution is 14.1. The van der Waals surface area contributed by atoms with Gasteiger partial charge in [0, 0.05) is 9.61 Å². The molecule has 0 saturated heterocycles. The van der Waals surface area contributed by atoms with Crippen LogP contribution in [0.4, 0.5) is 0 Å². The maximum atomic E-state index is 3.71. The molecule has 0 amide bonds. The Balaban J connectivity index is 1.80. The average molecular weight is 343 g/mol. The predicted octanol–water partition coefficient (Wildman–Crippen LogP) is 4.00. The summed E-state index contributed by atoms with van der Waals surface area (Å²) in [5, 5.41) is 3.71. The van der Waals surface area contributed by atoms with Gasteiger partial charge in [0.25, 0.3) is 0 Å². The van der Waals surface area contributed by atoms with Crippen LogP contribution in [0.1, 0.15) is 38.2 Å². The van der Waals surface area contributed by atoms with E-state index in [9.17, 15) is 0 Å². The van der Waals surface area contributed by atoms with Crippen LogP contribution in [0, 0.1) is 9.49 Å². The van der Waals surface area contributed by atoms with Gasteiger partial charge in [0.05, 0.1) is 0 Å². The molecule has 0 heterocycles. The average Bonchev–Trinajstić information content (AvgIpc) is 3.16. The lowest BCUT2D eigenvalue weighted by atomic mass is 10.0. The molecule has 0 radical (unpaired) electrons. The summed E-state index contributed by atoms with van der Waals surface area (Å²) in [5.74, 6) is 0.963. The minimum atomic E-state index is 0.759. The van der Waals surface area contributed by atoms with Crippen molar-refractivity contribution in [2.75, 3.05) is 6.54 Å². The highest BCUT2D eigenvalue weighted by atomic mass is 127. The molecule has 1 unspecified atom stereocenters. The predicted molar refractivity (Wildman–Crippen MR) is 82.3 cm³/mol. The van der Waals surface area contributed by atoms with Crippen LogP contribution in [-0.2, 0) is 6.42 Å². The van der Waals surface area contributed by atoms with Crippen molar-refractivity contribution in [3.05, 3.63) is 33.4 Å². The smallest absolute Gasteiger partial charge is 0.0130 e. The Morgan fingerprint density at radius 2 is 2.00 bits per heavy atom. The molecule has 1 nitrogen and oxygen atoms in total. The Kier molecular flexibility index (Phi) is 5.29. The van der Waals surface area contributed by atoms with Gasteiger partial charge in [-0.05, 0) is 84.9 Å². The third-order valence-corrected chi connectivity index (χ3v) is 4.22. The summed E-state index contributed by atoms with van der Waals surface area (Å²) in [4.78, 5) is 0. The Bertz CT molecular complexity index is 329. The van der Waals surface area contributed by atoms with Gasteiger partial charge in [0.1, 0.15) is 0 Å². The number of halogens is 1. The molecule has 0 bridgehead atoms. The Morgan fingerprint density at radius 1 is 1.29 bits per heavy atom. The first-order chi connectivity index (χ1) is 8.29. The second-order valence-corrected chi connectivity index (χ2v) is 6.31. The molecule has 17 heavy (non-hydrogen) atoms. The molecule has 2 rings (SSSR count). The van der Waals surface area contributed by atoms with Crippen molar-refractivity contribution < 1.29 is 0 Å². The summed E-state index contributed by atoms with van der Waals surface area (Å²) >= 11 is 2.36. The van der Waals surface area contributed by atoms with Crippen molar-refractivity contribution in [3.8, 4) is 0 Å².